The van der Waals surface area contributed by atoms with E-state index in [-0.39, 0.29) is 32.1 Å². The van der Waals surface area contributed by atoms with E-state index in [0.29, 0.717) is 58.9 Å². The van der Waals surface area contributed by atoms with E-state index in [1.807, 2.05) is 4.90 Å². The van der Waals surface area contributed by atoms with Gasteiger partial charge in [0, 0.05) is 58.9 Å². The molecule has 0 spiro atoms. The van der Waals surface area contributed by atoms with Crippen LogP contribution in [-0.4, -0.2) is 150 Å². The van der Waals surface area contributed by atoms with E-state index in [1.165, 1.54) is 12.8 Å². The number of rotatable bonds is 16. The number of hydrogen-bond donors (Lipinski definition) is 5. The molecule has 0 aromatic carbocycles. The summed E-state index contributed by atoms with van der Waals surface area (Å²) in [5.74, 6) is -2.13. The Morgan fingerprint density at radius 3 is 1.22 bits per heavy atom. The van der Waals surface area contributed by atoms with Crippen LogP contribution in [0.2, 0.25) is 0 Å². The summed E-state index contributed by atoms with van der Waals surface area (Å²) in [6.07, 6.45) is 6.60. The number of carboxylic acid groups (broad SMARTS) is 3. The number of carbonyl (C=O) groups is 4. The van der Waals surface area contributed by atoms with Crippen LogP contribution in [0.4, 0.5) is 0 Å². The minimum atomic E-state index is -0.993. The number of amides is 1. The zero-order valence-electron chi connectivity index (χ0n) is 21.9. The highest BCUT2D eigenvalue weighted by atomic mass is 32.1. The van der Waals surface area contributed by atoms with E-state index in [0.717, 1.165) is 31.4 Å². The monoisotopic (exact) mass is 547 g/mol. The molecule has 4 N–H and O–H groups in total. The molecule has 1 aliphatic heterocycles. The molecule has 0 radical (unpaired) electrons. The standard InChI is InChI=1S/C24H45N5O7S/c30-21(25-7-5-3-1-2-4-6-16-37)17-26-8-10-27(18-22(31)32)12-14-29(20-24(35)36)15-13-28(11-9-26)19-23(33)34/h37H,1-20H2,(H,25,30)(H,31,32)(H,33,34)(H,35,36). The summed E-state index contributed by atoms with van der Waals surface area (Å²) < 4.78 is 0. The van der Waals surface area contributed by atoms with Crippen LogP contribution in [0.25, 0.3) is 0 Å². The Labute approximate surface area is 225 Å². The molecular weight excluding hydrogens is 502 g/mol. The van der Waals surface area contributed by atoms with Crippen molar-refractivity contribution in [2.75, 3.05) is 90.8 Å². The van der Waals surface area contributed by atoms with E-state index in [2.05, 4.69) is 17.9 Å². The third-order valence-corrected chi connectivity index (χ3v) is 6.60. The molecule has 0 bridgehead atoms. The van der Waals surface area contributed by atoms with Crippen molar-refractivity contribution < 1.29 is 34.5 Å². The zero-order chi connectivity index (χ0) is 27.5. The van der Waals surface area contributed by atoms with Crippen molar-refractivity contribution in [2.24, 2.45) is 0 Å². The van der Waals surface area contributed by atoms with Crippen LogP contribution in [0.5, 0.6) is 0 Å². The number of nitrogens with one attached hydrogen (secondary N) is 1. The lowest BCUT2D eigenvalue weighted by Crippen LogP contribution is -2.49. The quantitative estimate of drug-likeness (QED) is 0.129. The van der Waals surface area contributed by atoms with E-state index in [4.69, 9.17) is 0 Å². The van der Waals surface area contributed by atoms with Gasteiger partial charge in [-0.15, -0.1) is 0 Å². The Balaban J connectivity index is 2.70. The van der Waals surface area contributed by atoms with Crippen molar-refractivity contribution in [3.63, 3.8) is 0 Å². The van der Waals surface area contributed by atoms with Gasteiger partial charge in [0.15, 0.2) is 0 Å². The summed E-state index contributed by atoms with van der Waals surface area (Å²) in [7, 11) is 0. The first kappa shape index (κ1) is 33.1. The lowest BCUT2D eigenvalue weighted by atomic mass is 10.1. The van der Waals surface area contributed by atoms with Crippen LogP contribution >= 0.6 is 12.6 Å². The van der Waals surface area contributed by atoms with Gasteiger partial charge in [-0.3, -0.25) is 38.8 Å². The predicted octanol–water partition coefficient (Wildman–Crippen LogP) is -0.152. The summed E-state index contributed by atoms with van der Waals surface area (Å²) in [5.41, 5.74) is 0. The van der Waals surface area contributed by atoms with Crippen LogP contribution in [-0.2, 0) is 19.2 Å². The Morgan fingerprint density at radius 2 is 0.865 bits per heavy atom. The largest absolute Gasteiger partial charge is 0.480 e. The van der Waals surface area contributed by atoms with E-state index in [9.17, 15) is 34.5 Å². The van der Waals surface area contributed by atoms with Gasteiger partial charge in [0.1, 0.15) is 0 Å². The second-order valence-corrected chi connectivity index (χ2v) is 9.93. The molecule has 1 amide bonds. The Morgan fingerprint density at radius 1 is 0.541 bits per heavy atom. The highest BCUT2D eigenvalue weighted by Gasteiger charge is 2.21. The van der Waals surface area contributed by atoms with Gasteiger partial charge in [-0.1, -0.05) is 25.7 Å². The van der Waals surface area contributed by atoms with Crippen LogP contribution < -0.4 is 5.32 Å². The van der Waals surface area contributed by atoms with Crippen molar-refractivity contribution in [3.8, 4) is 0 Å². The molecule has 0 atom stereocenters. The van der Waals surface area contributed by atoms with Crippen LogP contribution in [0.3, 0.4) is 0 Å². The van der Waals surface area contributed by atoms with Gasteiger partial charge in [-0.2, -0.15) is 12.6 Å². The highest BCUT2D eigenvalue weighted by Crippen LogP contribution is 2.05. The van der Waals surface area contributed by atoms with Gasteiger partial charge in [0.25, 0.3) is 0 Å². The van der Waals surface area contributed by atoms with Gasteiger partial charge in [-0.25, -0.2) is 0 Å². The maximum atomic E-state index is 12.6. The van der Waals surface area contributed by atoms with E-state index < -0.39 is 17.9 Å². The minimum Gasteiger partial charge on any atom is -0.480 e. The molecule has 1 fully saturated rings. The van der Waals surface area contributed by atoms with Crippen LogP contribution in [0.1, 0.15) is 38.5 Å². The number of carboxylic acids is 3. The molecule has 1 heterocycles. The van der Waals surface area contributed by atoms with Crippen molar-refractivity contribution in [1.82, 2.24) is 24.9 Å². The van der Waals surface area contributed by atoms with Gasteiger partial charge in [0.2, 0.25) is 5.91 Å². The first-order valence-corrected chi connectivity index (χ1v) is 13.7. The fourth-order valence-electron chi connectivity index (χ4n) is 4.22. The molecule has 1 rings (SSSR count). The second kappa shape index (κ2) is 20.1. The lowest BCUT2D eigenvalue weighted by Gasteiger charge is -2.32. The number of hydrogen-bond acceptors (Lipinski definition) is 9. The molecule has 37 heavy (non-hydrogen) atoms. The number of unbranched alkanes of at least 4 members (excludes halogenated alkanes) is 5. The average molecular weight is 548 g/mol. The topological polar surface area (TPSA) is 154 Å². The summed E-state index contributed by atoms with van der Waals surface area (Å²) in [4.78, 5) is 53.7. The predicted molar refractivity (Wildman–Crippen MR) is 143 cm³/mol. The van der Waals surface area contributed by atoms with Crippen molar-refractivity contribution in [3.05, 3.63) is 0 Å². The number of aliphatic carboxylic acids is 3. The van der Waals surface area contributed by atoms with Gasteiger partial charge in [0.05, 0.1) is 26.2 Å². The number of thiol groups is 1. The third kappa shape index (κ3) is 18.0. The molecule has 0 aliphatic carbocycles. The van der Waals surface area contributed by atoms with Gasteiger partial charge >= 0.3 is 17.9 Å². The molecule has 0 aromatic rings. The van der Waals surface area contributed by atoms with Crippen LogP contribution in [0, 0.1) is 0 Å². The van der Waals surface area contributed by atoms with E-state index >= 15 is 0 Å². The molecule has 12 nitrogen and oxygen atoms in total. The van der Waals surface area contributed by atoms with Gasteiger partial charge < -0.3 is 20.6 Å². The molecular formula is C24H45N5O7S. The fourth-order valence-corrected chi connectivity index (χ4v) is 4.44. The lowest BCUT2D eigenvalue weighted by molar-refractivity contribution is -0.140. The molecule has 0 saturated carbocycles. The molecule has 1 saturated heterocycles. The molecule has 0 aromatic heterocycles. The zero-order valence-corrected chi connectivity index (χ0v) is 22.7. The third-order valence-electron chi connectivity index (χ3n) is 6.28. The highest BCUT2D eigenvalue weighted by molar-refractivity contribution is 7.80. The smallest absolute Gasteiger partial charge is 0.317 e. The van der Waals surface area contributed by atoms with E-state index in [1.54, 1.807) is 14.7 Å². The molecule has 13 heteroatoms. The molecule has 0 unspecified atom stereocenters. The summed E-state index contributed by atoms with van der Waals surface area (Å²) in [5, 5.41) is 30.8. The minimum absolute atomic E-state index is 0.107. The number of carbonyl (C=O) groups excluding carboxylic acids is 1. The maximum Gasteiger partial charge on any atom is 0.317 e. The first-order valence-electron chi connectivity index (χ1n) is 13.1. The summed E-state index contributed by atoms with van der Waals surface area (Å²) >= 11 is 4.21. The Bertz CT molecular complexity index is 668. The first-order chi connectivity index (χ1) is 17.7. The average Bonchev–Trinajstić information content (AvgIpc) is 2.81. The Kier molecular flexibility index (Phi) is 18.0. The molecule has 1 aliphatic rings. The maximum absolute atomic E-state index is 12.6. The number of nitrogens with zero attached hydrogens (tertiary/aromatic N) is 4. The van der Waals surface area contributed by atoms with Crippen molar-refractivity contribution >= 4 is 36.4 Å². The van der Waals surface area contributed by atoms with Gasteiger partial charge in [-0.05, 0) is 18.6 Å². The molecule has 214 valence electrons. The summed E-state index contributed by atoms with van der Waals surface area (Å²) in [6, 6.07) is 0. The summed E-state index contributed by atoms with van der Waals surface area (Å²) in [6.45, 7) is 3.24. The SMILES string of the molecule is O=C(O)CN1CCN(CC(=O)O)CCN(CC(=O)NCCCCCCCCS)CCN(CC(=O)O)CC1. The van der Waals surface area contributed by atoms with Crippen LogP contribution in [0.15, 0.2) is 0 Å². The fraction of sp³-hybridized carbons (Fsp3) is 0.833. The van der Waals surface area contributed by atoms with Crippen molar-refractivity contribution in [1.29, 1.82) is 0 Å². The normalized spacial score (nSPS) is 17.5. The Hall–Kier alpha value is -1.93. The van der Waals surface area contributed by atoms with Crippen molar-refractivity contribution in [2.45, 2.75) is 38.5 Å². The second-order valence-electron chi connectivity index (χ2n) is 9.48.